The summed E-state index contributed by atoms with van der Waals surface area (Å²) in [6, 6.07) is 7.49. The van der Waals surface area contributed by atoms with Crippen molar-refractivity contribution in [3.05, 3.63) is 48.0 Å². The van der Waals surface area contributed by atoms with Crippen LogP contribution in [0, 0.1) is 25.1 Å². The molecule has 2 aromatic carbocycles. The van der Waals surface area contributed by atoms with Crippen molar-refractivity contribution in [2.75, 3.05) is 22.8 Å². The fraction of sp³-hybridized carbons (Fsp3) is 0.217. The Balaban J connectivity index is 1.96. The first-order valence-electron chi connectivity index (χ1n) is 9.87. The van der Waals surface area contributed by atoms with E-state index in [9.17, 15) is 13.4 Å². The molecule has 10 heteroatoms. The first-order chi connectivity index (χ1) is 15.6. The molecule has 1 heterocycles. The van der Waals surface area contributed by atoms with E-state index in [2.05, 4.69) is 37.1 Å². The van der Waals surface area contributed by atoms with Gasteiger partial charge in [-0.3, -0.25) is 4.79 Å². The number of hydrogen-bond donors (Lipinski definition) is 3. The Bertz CT molecular complexity index is 1350. The van der Waals surface area contributed by atoms with Crippen LogP contribution >= 0.6 is 0 Å². The molecule has 3 N–H and O–H groups in total. The third-order valence-electron chi connectivity index (χ3n) is 4.50. The van der Waals surface area contributed by atoms with E-state index in [4.69, 9.17) is 11.2 Å². The lowest BCUT2D eigenvalue weighted by atomic mass is 10.1. The van der Waals surface area contributed by atoms with Crippen LogP contribution in [0.3, 0.4) is 0 Å². The van der Waals surface area contributed by atoms with Crippen LogP contribution in [0.5, 0.6) is 5.75 Å². The highest BCUT2D eigenvalue weighted by molar-refractivity contribution is 8.00. The topological polar surface area (TPSA) is 105 Å². The van der Waals surface area contributed by atoms with Gasteiger partial charge in [-0.15, -0.1) is 6.42 Å². The van der Waals surface area contributed by atoms with Gasteiger partial charge in [0.1, 0.15) is 23.7 Å². The van der Waals surface area contributed by atoms with Crippen LogP contribution in [0.2, 0.25) is 0 Å². The molecule has 2 atom stereocenters. The van der Waals surface area contributed by atoms with Gasteiger partial charge in [0.25, 0.3) is 5.91 Å². The molecule has 33 heavy (non-hydrogen) atoms. The summed E-state index contributed by atoms with van der Waals surface area (Å²) < 4.78 is 34.5. The minimum atomic E-state index is -2.46. The van der Waals surface area contributed by atoms with Crippen LogP contribution < -0.4 is 20.1 Å². The Morgan fingerprint density at radius 1 is 1.33 bits per heavy atom. The highest BCUT2D eigenvalue weighted by Gasteiger charge is 2.18. The number of nitrogens with one attached hydrogen (secondary N) is 3. The van der Waals surface area contributed by atoms with Crippen molar-refractivity contribution < 1.29 is 18.1 Å². The molecule has 0 aliphatic carbocycles. The van der Waals surface area contributed by atoms with Gasteiger partial charge in [0.2, 0.25) is 0 Å². The zero-order chi connectivity index (χ0) is 24.2. The zero-order valence-electron chi connectivity index (χ0n) is 18.4. The monoisotopic (exact) mass is 469 g/mol. The quantitative estimate of drug-likeness (QED) is 0.346. The van der Waals surface area contributed by atoms with E-state index in [0.717, 1.165) is 5.56 Å². The van der Waals surface area contributed by atoms with Gasteiger partial charge in [-0.05, 0) is 49.5 Å². The lowest BCUT2D eigenvalue weighted by Crippen LogP contribution is -2.36. The average molecular weight is 470 g/mol. The van der Waals surface area contributed by atoms with Crippen molar-refractivity contribution in [2.45, 2.75) is 20.0 Å². The van der Waals surface area contributed by atoms with Gasteiger partial charge in [0.05, 0.1) is 17.7 Å². The standard InChI is InChI=1S/C23H24FN5O3S/c1-6-9-25-23(30)15(3)32-20-11-16(24)7-8-18(20)28-22-21-14(2)10-17(29-33(4,5)31)12-19(21)26-13-27-22/h1,7-8,10-13,15H,4,9H2,2-3,5H3,(H,25,30)(H,29,31)(H,26,27,28)/t15-,33?/m1/s1. The maximum Gasteiger partial charge on any atom is 0.261 e. The second-order valence-corrected chi connectivity index (χ2v) is 9.68. The second kappa shape index (κ2) is 9.75. The molecule has 0 fully saturated rings. The average Bonchev–Trinajstić information content (AvgIpc) is 2.72. The Morgan fingerprint density at radius 2 is 2.09 bits per heavy atom. The number of hydrogen-bond acceptors (Lipinski definition) is 6. The fourth-order valence-electron chi connectivity index (χ4n) is 3.15. The maximum absolute atomic E-state index is 13.9. The van der Waals surface area contributed by atoms with E-state index in [1.807, 2.05) is 13.0 Å². The van der Waals surface area contributed by atoms with Gasteiger partial charge in [-0.25, -0.2) is 18.6 Å². The molecule has 0 bridgehead atoms. The largest absolute Gasteiger partial charge is 0.479 e. The molecular weight excluding hydrogens is 445 g/mol. The molecule has 0 aliphatic heterocycles. The summed E-state index contributed by atoms with van der Waals surface area (Å²) in [5, 5.41) is 6.38. The van der Waals surface area contributed by atoms with E-state index in [-0.39, 0.29) is 12.3 Å². The third kappa shape index (κ3) is 6.11. The maximum atomic E-state index is 13.9. The lowest BCUT2D eigenvalue weighted by Gasteiger charge is -2.18. The third-order valence-corrected chi connectivity index (χ3v) is 5.17. The summed E-state index contributed by atoms with van der Waals surface area (Å²) in [6.45, 7) is 3.46. The number of anilines is 3. The Labute approximate surface area is 192 Å². The summed E-state index contributed by atoms with van der Waals surface area (Å²) in [7, 11) is -2.46. The molecular formula is C23H24FN5O3S. The molecule has 3 rings (SSSR count). The van der Waals surface area contributed by atoms with Gasteiger partial charge in [-0.1, -0.05) is 5.92 Å². The second-order valence-electron chi connectivity index (χ2n) is 7.46. The number of rotatable bonds is 8. The van der Waals surface area contributed by atoms with Crippen molar-refractivity contribution in [1.29, 1.82) is 0 Å². The van der Waals surface area contributed by atoms with Crippen LogP contribution in [0.1, 0.15) is 12.5 Å². The van der Waals surface area contributed by atoms with Crippen LogP contribution in [-0.2, 0) is 14.5 Å². The molecule has 1 aromatic heterocycles. The number of carbonyl (C=O) groups is 1. The predicted molar refractivity (Wildman–Crippen MR) is 131 cm³/mol. The molecule has 8 nitrogen and oxygen atoms in total. The molecule has 0 spiro atoms. The van der Waals surface area contributed by atoms with Gasteiger partial charge in [0.15, 0.2) is 6.10 Å². The van der Waals surface area contributed by atoms with Crippen molar-refractivity contribution in [3.63, 3.8) is 0 Å². The van der Waals surface area contributed by atoms with Crippen LogP contribution in [0.4, 0.5) is 21.6 Å². The number of nitrogens with zero attached hydrogens (tertiary/aromatic N) is 2. The molecule has 0 aliphatic rings. The number of halogens is 1. The zero-order valence-corrected chi connectivity index (χ0v) is 19.3. The van der Waals surface area contributed by atoms with Gasteiger partial charge in [0, 0.05) is 33.1 Å². The van der Waals surface area contributed by atoms with Crippen molar-refractivity contribution in [2.24, 2.45) is 0 Å². The SMILES string of the molecule is C#CCNC(=O)[C@@H](C)Oc1cc(F)ccc1Nc1ncnc2cc(NS(=C)(C)=O)cc(C)c12. The molecule has 1 amide bonds. The van der Waals surface area contributed by atoms with E-state index in [0.29, 0.717) is 28.1 Å². The van der Waals surface area contributed by atoms with Gasteiger partial charge < -0.3 is 20.1 Å². The number of benzene rings is 2. The van der Waals surface area contributed by atoms with E-state index in [1.165, 1.54) is 37.7 Å². The number of carbonyl (C=O) groups excluding carboxylic acids is 1. The van der Waals surface area contributed by atoms with Gasteiger partial charge in [-0.2, -0.15) is 0 Å². The molecule has 0 saturated heterocycles. The molecule has 0 saturated carbocycles. The Hall–Kier alpha value is -3.84. The highest BCUT2D eigenvalue weighted by Crippen LogP contribution is 2.33. The lowest BCUT2D eigenvalue weighted by molar-refractivity contribution is -0.126. The number of aryl methyl sites for hydroxylation is 1. The first-order valence-corrected chi connectivity index (χ1v) is 12.0. The normalized spacial score (nSPS) is 13.4. The first kappa shape index (κ1) is 23.8. The Kier molecular flexibility index (Phi) is 7.04. The number of aromatic nitrogens is 2. The summed E-state index contributed by atoms with van der Waals surface area (Å²) in [4.78, 5) is 20.7. The van der Waals surface area contributed by atoms with Crippen molar-refractivity contribution >= 4 is 49.6 Å². The summed E-state index contributed by atoms with van der Waals surface area (Å²) in [5.41, 5.74) is 2.44. The van der Waals surface area contributed by atoms with Crippen molar-refractivity contribution in [3.8, 4) is 18.1 Å². The van der Waals surface area contributed by atoms with E-state index >= 15 is 0 Å². The van der Waals surface area contributed by atoms with Crippen molar-refractivity contribution in [1.82, 2.24) is 15.3 Å². The number of ether oxygens (including phenoxy) is 1. The molecule has 0 radical (unpaired) electrons. The van der Waals surface area contributed by atoms with Gasteiger partial charge >= 0.3 is 0 Å². The fourth-order valence-corrected chi connectivity index (χ4v) is 3.76. The number of terminal acetylenes is 1. The molecule has 3 aromatic rings. The Morgan fingerprint density at radius 3 is 2.79 bits per heavy atom. The number of fused-ring (bicyclic) bond motifs is 1. The summed E-state index contributed by atoms with van der Waals surface area (Å²) in [5.74, 6) is 5.55. The van der Waals surface area contributed by atoms with Crippen LogP contribution in [-0.4, -0.2) is 44.9 Å². The van der Waals surface area contributed by atoms with E-state index < -0.39 is 27.5 Å². The predicted octanol–water partition coefficient (Wildman–Crippen LogP) is 3.01. The molecule has 172 valence electrons. The minimum absolute atomic E-state index is 0.0604. The smallest absolute Gasteiger partial charge is 0.261 e. The summed E-state index contributed by atoms with van der Waals surface area (Å²) >= 11 is 0. The van der Waals surface area contributed by atoms with Crippen LogP contribution in [0.25, 0.3) is 10.9 Å². The van der Waals surface area contributed by atoms with Crippen LogP contribution in [0.15, 0.2) is 36.7 Å². The molecule has 1 unspecified atom stereocenters. The minimum Gasteiger partial charge on any atom is -0.479 e. The van der Waals surface area contributed by atoms with E-state index in [1.54, 1.807) is 6.07 Å². The summed E-state index contributed by atoms with van der Waals surface area (Å²) in [6.07, 6.45) is 7.13. The highest BCUT2D eigenvalue weighted by atomic mass is 32.2. The number of amides is 1.